The first-order valence-electron chi connectivity index (χ1n) is 12.2. The molecule has 3 rings (SSSR count). The van der Waals surface area contributed by atoms with Gasteiger partial charge in [0.2, 0.25) is 6.29 Å². The molecule has 2 heterocycles. The molecule has 0 amide bonds. The summed E-state index contributed by atoms with van der Waals surface area (Å²) in [5.41, 5.74) is 11.4. The van der Waals surface area contributed by atoms with Gasteiger partial charge in [-0.2, -0.15) is 0 Å². The van der Waals surface area contributed by atoms with E-state index in [1.165, 1.54) is 0 Å². The Morgan fingerprint density at radius 2 is 1.58 bits per heavy atom. The summed E-state index contributed by atoms with van der Waals surface area (Å²) in [6.07, 6.45) is -2.56. The Kier molecular flexibility index (Phi) is 9.09. The van der Waals surface area contributed by atoms with E-state index in [1.807, 2.05) is 7.05 Å². The van der Waals surface area contributed by atoms with E-state index in [9.17, 15) is 15.3 Å². The zero-order valence-electron chi connectivity index (χ0n) is 20.5. The number of nitrogens with two attached hydrogens (primary N) is 2. The molecule has 33 heavy (non-hydrogen) atoms. The van der Waals surface area contributed by atoms with Crippen LogP contribution in [0.1, 0.15) is 33.1 Å². The van der Waals surface area contributed by atoms with E-state index in [2.05, 4.69) is 29.4 Å². The molecule has 194 valence electrons. The maximum absolute atomic E-state index is 11.2. The molecule has 16 N–H and O–H groups in total. The van der Waals surface area contributed by atoms with Crippen molar-refractivity contribution in [1.82, 2.24) is 0 Å². The molecule has 2 aliphatic heterocycles. The topological polar surface area (TPSA) is 214 Å². The predicted octanol–water partition coefficient (Wildman–Crippen LogP) is -7.53. The van der Waals surface area contributed by atoms with Crippen molar-refractivity contribution in [3.8, 4) is 0 Å². The molecule has 1 aliphatic carbocycles. The molecule has 3 fully saturated rings. The summed E-state index contributed by atoms with van der Waals surface area (Å²) >= 11 is 0. The Hall–Kier alpha value is -0.480. The van der Waals surface area contributed by atoms with Crippen LogP contribution in [0, 0.1) is 0 Å². The highest BCUT2D eigenvalue weighted by Gasteiger charge is 2.54. The SMILES string of the molecule is C[NH2+][C@@H]1[C@@H](O)[C@@H](O[C@@H]2[C@@H](O)[C@H](O[C@H]3O[C@H]([C@@H](C)[NH2+]C)CC[C@H]3[NH3+])[C@@H]([NH3+])C[C@H]2[NH3+])OC[C@]1(C)O. The molecule has 3 aliphatic rings. The van der Waals surface area contributed by atoms with Crippen LogP contribution in [0.2, 0.25) is 0 Å². The lowest BCUT2D eigenvalue weighted by Crippen LogP contribution is -2.96. The standard InChI is InChI=1S/C21H43N5O7/c1-9(25-3)13-6-5-10(22)19(31-13)32-16-11(23)7-12(24)17(14(16)27)33-20-15(28)18(26-4)21(2,29)8-30-20/h9-20,25-29H,5-8,22-24H2,1-4H3/p+5/t9-,10-,11+,12-,13+,14+,15-,16-,17+,18-,19-,20-,21+/m1/s1. The lowest BCUT2D eigenvalue weighted by atomic mass is 9.84. The molecular weight excluding hydrogens is 434 g/mol. The van der Waals surface area contributed by atoms with Crippen LogP contribution < -0.4 is 27.8 Å². The zero-order chi connectivity index (χ0) is 24.5. The van der Waals surface area contributed by atoms with Gasteiger partial charge in [0.25, 0.3) is 0 Å². The number of rotatable bonds is 7. The van der Waals surface area contributed by atoms with Gasteiger partial charge in [-0.15, -0.1) is 0 Å². The first-order chi connectivity index (χ1) is 15.5. The lowest BCUT2D eigenvalue weighted by Gasteiger charge is -2.45. The van der Waals surface area contributed by atoms with Gasteiger partial charge >= 0.3 is 0 Å². The van der Waals surface area contributed by atoms with Crippen molar-refractivity contribution in [2.45, 2.75) is 112 Å². The largest absolute Gasteiger partial charge is 0.387 e. The summed E-state index contributed by atoms with van der Waals surface area (Å²) in [5.74, 6) is 0. The Bertz CT molecular complexity index is 632. The molecule has 0 spiro atoms. The molecule has 1 saturated carbocycles. The second-order valence-corrected chi connectivity index (χ2v) is 10.4. The second kappa shape index (κ2) is 11.1. The van der Waals surface area contributed by atoms with Crippen LogP contribution in [0.4, 0.5) is 0 Å². The van der Waals surface area contributed by atoms with Crippen molar-refractivity contribution in [1.29, 1.82) is 0 Å². The van der Waals surface area contributed by atoms with Gasteiger partial charge in [-0.05, 0) is 20.3 Å². The van der Waals surface area contributed by atoms with E-state index in [0.29, 0.717) is 12.5 Å². The number of ether oxygens (including phenoxy) is 4. The summed E-state index contributed by atoms with van der Waals surface area (Å²) in [7, 11) is 3.81. The van der Waals surface area contributed by atoms with Crippen LogP contribution in [-0.4, -0.2) is 115 Å². The molecule has 12 nitrogen and oxygen atoms in total. The quantitative estimate of drug-likeness (QED) is 0.175. The lowest BCUT2D eigenvalue weighted by molar-refractivity contribution is -0.695. The average molecular weight is 483 g/mol. The molecule has 12 heteroatoms. The maximum atomic E-state index is 11.2. The molecule has 2 saturated heterocycles. The highest BCUT2D eigenvalue weighted by molar-refractivity contribution is 4.97. The van der Waals surface area contributed by atoms with Crippen molar-refractivity contribution in [3.05, 3.63) is 0 Å². The van der Waals surface area contributed by atoms with Gasteiger partial charge in [0.1, 0.15) is 60.2 Å². The summed E-state index contributed by atoms with van der Waals surface area (Å²) in [6, 6.07) is -0.752. The fourth-order valence-corrected chi connectivity index (χ4v) is 5.36. The minimum atomic E-state index is -1.20. The molecule has 0 aromatic heterocycles. The predicted molar refractivity (Wildman–Crippen MR) is 114 cm³/mol. The Morgan fingerprint density at radius 1 is 0.970 bits per heavy atom. The summed E-state index contributed by atoms with van der Waals surface area (Å²) < 4.78 is 24.2. The Balaban J connectivity index is 1.68. The summed E-state index contributed by atoms with van der Waals surface area (Å²) in [5, 5.41) is 36.4. The van der Waals surface area contributed by atoms with Gasteiger partial charge in [-0.3, -0.25) is 0 Å². The third-order valence-corrected chi connectivity index (χ3v) is 7.68. The van der Waals surface area contributed by atoms with E-state index in [0.717, 1.165) is 12.8 Å². The van der Waals surface area contributed by atoms with Crippen LogP contribution in [0.25, 0.3) is 0 Å². The molecule has 0 aromatic carbocycles. The smallest absolute Gasteiger partial charge is 0.211 e. The number of aliphatic hydroxyl groups excluding tert-OH is 2. The van der Waals surface area contributed by atoms with Crippen molar-refractivity contribution in [2.75, 3.05) is 20.7 Å². The molecular formula is C21H48N5O7+5. The normalized spacial score (nSPS) is 50.2. The van der Waals surface area contributed by atoms with Crippen molar-refractivity contribution in [3.63, 3.8) is 0 Å². The van der Waals surface area contributed by atoms with Gasteiger partial charge in [-0.1, -0.05) is 0 Å². The van der Waals surface area contributed by atoms with Gasteiger partial charge in [0.15, 0.2) is 12.4 Å². The van der Waals surface area contributed by atoms with E-state index < -0.39 is 48.6 Å². The van der Waals surface area contributed by atoms with Crippen molar-refractivity contribution in [2.24, 2.45) is 0 Å². The van der Waals surface area contributed by atoms with E-state index in [-0.39, 0.29) is 30.8 Å². The number of quaternary nitrogens is 5. The summed E-state index contributed by atoms with van der Waals surface area (Å²) in [4.78, 5) is 0. The molecule has 0 unspecified atom stereocenters. The molecule has 0 aromatic rings. The number of likely N-dealkylation sites (N-methyl/N-ethyl adjacent to an activating group) is 2. The Morgan fingerprint density at radius 3 is 2.15 bits per heavy atom. The van der Waals surface area contributed by atoms with Crippen LogP contribution in [0.5, 0.6) is 0 Å². The molecule has 0 radical (unpaired) electrons. The van der Waals surface area contributed by atoms with Crippen molar-refractivity contribution >= 4 is 0 Å². The first kappa shape index (κ1) is 27.1. The van der Waals surface area contributed by atoms with Gasteiger partial charge < -0.3 is 62.1 Å². The average Bonchev–Trinajstić information content (AvgIpc) is 2.76. The van der Waals surface area contributed by atoms with Crippen molar-refractivity contribution < 1.29 is 62.1 Å². The fourth-order valence-electron chi connectivity index (χ4n) is 5.36. The van der Waals surface area contributed by atoms with Gasteiger partial charge in [0.05, 0.1) is 27.1 Å². The minimum absolute atomic E-state index is 0.0133. The number of hydrogen-bond donors (Lipinski definition) is 8. The molecule has 13 atom stereocenters. The third kappa shape index (κ3) is 5.85. The van der Waals surface area contributed by atoms with Crippen LogP contribution >= 0.6 is 0 Å². The van der Waals surface area contributed by atoms with Gasteiger partial charge in [-0.25, -0.2) is 0 Å². The van der Waals surface area contributed by atoms with E-state index >= 15 is 0 Å². The maximum Gasteiger partial charge on any atom is 0.211 e. The first-order valence-corrected chi connectivity index (χ1v) is 12.2. The zero-order valence-corrected chi connectivity index (χ0v) is 20.5. The number of aliphatic hydroxyl groups is 3. The monoisotopic (exact) mass is 482 g/mol. The molecule has 0 bridgehead atoms. The van der Waals surface area contributed by atoms with Crippen LogP contribution in [0.3, 0.4) is 0 Å². The van der Waals surface area contributed by atoms with Crippen LogP contribution in [0.15, 0.2) is 0 Å². The van der Waals surface area contributed by atoms with E-state index in [4.69, 9.17) is 18.9 Å². The summed E-state index contributed by atoms with van der Waals surface area (Å²) in [6.45, 7) is 3.76. The highest BCUT2D eigenvalue weighted by Crippen LogP contribution is 2.30. The third-order valence-electron chi connectivity index (χ3n) is 7.68. The fraction of sp³-hybridized carbons (Fsp3) is 1.00. The van der Waals surface area contributed by atoms with Gasteiger partial charge in [0, 0.05) is 6.42 Å². The van der Waals surface area contributed by atoms with E-state index in [1.54, 1.807) is 19.3 Å². The number of hydrogen-bond acceptors (Lipinski definition) is 7. The second-order valence-electron chi connectivity index (χ2n) is 10.4. The van der Waals surface area contributed by atoms with Crippen LogP contribution in [-0.2, 0) is 18.9 Å². The highest BCUT2D eigenvalue weighted by atomic mass is 16.7. The minimum Gasteiger partial charge on any atom is -0.387 e. The Labute approximate surface area is 195 Å².